The summed E-state index contributed by atoms with van der Waals surface area (Å²) in [5.41, 5.74) is 3.48. The van der Waals surface area contributed by atoms with Gasteiger partial charge in [-0.05, 0) is 41.0 Å². The molecular formula is C26H30N4O2. The number of carbonyl (C=O) groups is 2. The monoisotopic (exact) mass is 430 g/mol. The molecule has 6 nitrogen and oxygen atoms in total. The first-order chi connectivity index (χ1) is 15.5. The van der Waals surface area contributed by atoms with E-state index in [1.54, 1.807) is 7.05 Å². The Morgan fingerprint density at radius 3 is 2.56 bits per heavy atom. The normalized spacial score (nSPS) is 14.5. The Bertz CT molecular complexity index is 1130. The number of amides is 2. The molecule has 1 aliphatic rings. The second-order valence-corrected chi connectivity index (χ2v) is 8.39. The number of hydrogen-bond acceptors (Lipinski definition) is 4. The molecule has 1 saturated heterocycles. The number of rotatable bonds is 7. The quantitative estimate of drug-likeness (QED) is 0.538. The van der Waals surface area contributed by atoms with Crippen molar-refractivity contribution in [1.82, 2.24) is 16.0 Å². The van der Waals surface area contributed by atoms with Crippen LogP contribution in [-0.4, -0.2) is 45.0 Å². The summed E-state index contributed by atoms with van der Waals surface area (Å²) in [7, 11) is 3.67. The number of carbonyl (C=O) groups excluding carboxylic acids is 2. The second kappa shape index (κ2) is 9.40. The Kier molecular flexibility index (Phi) is 6.42. The molecule has 3 aromatic rings. The van der Waals surface area contributed by atoms with E-state index in [1.807, 2.05) is 61.5 Å². The molecule has 1 atom stereocenters. The molecule has 0 spiro atoms. The maximum Gasteiger partial charge on any atom is 0.252 e. The lowest BCUT2D eigenvalue weighted by molar-refractivity contribution is -0.121. The molecule has 0 radical (unpaired) electrons. The Labute approximate surface area is 189 Å². The van der Waals surface area contributed by atoms with Gasteiger partial charge in [-0.1, -0.05) is 48.5 Å². The number of anilines is 1. The van der Waals surface area contributed by atoms with Crippen molar-refractivity contribution in [3.8, 4) is 0 Å². The van der Waals surface area contributed by atoms with E-state index in [1.165, 1.54) is 0 Å². The number of benzene rings is 3. The SMILES string of the molecule is CNC(=O)C[C@@H](NC(=O)c1cc(N(C)C2CNC2)ccc1C)c1cccc2ccccc12. The van der Waals surface area contributed by atoms with Gasteiger partial charge in [-0.3, -0.25) is 9.59 Å². The van der Waals surface area contributed by atoms with Crippen LogP contribution in [0.2, 0.25) is 0 Å². The summed E-state index contributed by atoms with van der Waals surface area (Å²) in [5, 5.41) is 11.2. The van der Waals surface area contributed by atoms with E-state index in [0.29, 0.717) is 11.6 Å². The molecule has 6 heteroatoms. The van der Waals surface area contributed by atoms with E-state index in [-0.39, 0.29) is 18.2 Å². The Morgan fingerprint density at radius 1 is 1.09 bits per heavy atom. The van der Waals surface area contributed by atoms with Gasteiger partial charge in [-0.25, -0.2) is 0 Å². The molecule has 0 unspecified atom stereocenters. The summed E-state index contributed by atoms with van der Waals surface area (Å²) in [4.78, 5) is 27.9. The topological polar surface area (TPSA) is 73.5 Å². The minimum atomic E-state index is -0.440. The third-order valence-electron chi connectivity index (χ3n) is 6.35. The van der Waals surface area contributed by atoms with Crippen LogP contribution >= 0.6 is 0 Å². The lowest BCUT2D eigenvalue weighted by Gasteiger charge is -2.37. The number of nitrogens with one attached hydrogen (secondary N) is 3. The third-order valence-corrected chi connectivity index (χ3v) is 6.35. The largest absolute Gasteiger partial charge is 0.369 e. The molecule has 166 valence electrons. The van der Waals surface area contributed by atoms with Crippen molar-refractivity contribution < 1.29 is 9.59 Å². The average molecular weight is 431 g/mol. The zero-order valence-corrected chi connectivity index (χ0v) is 18.8. The van der Waals surface area contributed by atoms with E-state index < -0.39 is 6.04 Å². The first-order valence-corrected chi connectivity index (χ1v) is 11.0. The van der Waals surface area contributed by atoms with Gasteiger partial charge in [0.2, 0.25) is 5.91 Å². The van der Waals surface area contributed by atoms with Crippen LogP contribution in [0.1, 0.15) is 33.9 Å². The molecule has 32 heavy (non-hydrogen) atoms. The summed E-state index contributed by atoms with van der Waals surface area (Å²) in [6, 6.07) is 20.0. The zero-order valence-electron chi connectivity index (χ0n) is 18.8. The van der Waals surface area contributed by atoms with Crippen molar-refractivity contribution in [2.75, 3.05) is 32.1 Å². The molecule has 0 aromatic heterocycles. The van der Waals surface area contributed by atoms with Gasteiger partial charge >= 0.3 is 0 Å². The van der Waals surface area contributed by atoms with Gasteiger partial charge in [-0.2, -0.15) is 0 Å². The fourth-order valence-electron chi connectivity index (χ4n) is 4.15. The number of likely N-dealkylation sites (N-methyl/N-ethyl adjacent to an activating group) is 1. The maximum atomic E-state index is 13.4. The van der Waals surface area contributed by atoms with E-state index >= 15 is 0 Å². The highest BCUT2D eigenvalue weighted by atomic mass is 16.2. The van der Waals surface area contributed by atoms with Crippen LogP contribution in [0.15, 0.2) is 60.7 Å². The van der Waals surface area contributed by atoms with Crippen LogP contribution in [0.4, 0.5) is 5.69 Å². The van der Waals surface area contributed by atoms with Crippen molar-refractivity contribution in [3.05, 3.63) is 77.4 Å². The molecule has 3 aromatic carbocycles. The van der Waals surface area contributed by atoms with Gasteiger partial charge in [0.15, 0.2) is 0 Å². The fraction of sp³-hybridized carbons (Fsp3) is 0.308. The molecule has 1 aliphatic heterocycles. The summed E-state index contributed by atoms with van der Waals surface area (Å²) in [6.45, 7) is 3.83. The van der Waals surface area contributed by atoms with Crippen LogP contribution in [0.5, 0.6) is 0 Å². The summed E-state index contributed by atoms with van der Waals surface area (Å²) < 4.78 is 0. The van der Waals surface area contributed by atoms with E-state index in [0.717, 1.165) is 40.7 Å². The molecular weight excluding hydrogens is 400 g/mol. The lowest BCUT2D eigenvalue weighted by atomic mass is 9.95. The van der Waals surface area contributed by atoms with Gasteiger partial charge in [0.25, 0.3) is 5.91 Å². The Morgan fingerprint density at radius 2 is 1.84 bits per heavy atom. The molecule has 4 rings (SSSR count). The van der Waals surface area contributed by atoms with Gasteiger partial charge < -0.3 is 20.9 Å². The van der Waals surface area contributed by atoms with Gasteiger partial charge in [0.1, 0.15) is 0 Å². The Hall–Kier alpha value is -3.38. The third kappa shape index (κ3) is 4.46. The molecule has 3 N–H and O–H groups in total. The first kappa shape index (κ1) is 21.8. The van der Waals surface area contributed by atoms with Crippen LogP contribution in [0, 0.1) is 6.92 Å². The van der Waals surface area contributed by atoms with Crippen molar-refractivity contribution >= 4 is 28.3 Å². The van der Waals surface area contributed by atoms with Crippen LogP contribution < -0.4 is 20.9 Å². The minimum Gasteiger partial charge on any atom is -0.369 e. The molecule has 0 bridgehead atoms. The highest BCUT2D eigenvalue weighted by molar-refractivity contribution is 5.98. The number of fused-ring (bicyclic) bond motifs is 1. The van der Waals surface area contributed by atoms with E-state index in [2.05, 4.69) is 34.0 Å². The molecule has 1 heterocycles. The average Bonchev–Trinajstić information content (AvgIpc) is 2.77. The number of aryl methyl sites for hydroxylation is 1. The second-order valence-electron chi connectivity index (χ2n) is 8.39. The highest BCUT2D eigenvalue weighted by Gasteiger charge is 2.24. The predicted molar refractivity (Wildman–Crippen MR) is 129 cm³/mol. The van der Waals surface area contributed by atoms with Crippen LogP contribution in [0.3, 0.4) is 0 Å². The number of hydrogen-bond donors (Lipinski definition) is 3. The van der Waals surface area contributed by atoms with Gasteiger partial charge in [-0.15, -0.1) is 0 Å². The van der Waals surface area contributed by atoms with Crippen molar-refractivity contribution in [1.29, 1.82) is 0 Å². The predicted octanol–water partition coefficient (Wildman–Crippen LogP) is 3.16. The lowest BCUT2D eigenvalue weighted by Crippen LogP contribution is -2.56. The standard InChI is InChI=1S/C26H30N4O2/c1-17-11-12-19(30(3)20-15-28-16-20)13-23(17)26(32)29-24(14-25(31)27-2)22-10-6-8-18-7-4-5-9-21(18)22/h4-13,20,24,28H,14-16H2,1-3H3,(H,27,31)(H,29,32)/t24-/m1/s1. The Balaban J connectivity index is 1.65. The fourth-order valence-corrected chi connectivity index (χ4v) is 4.15. The molecule has 1 fully saturated rings. The molecule has 0 aliphatic carbocycles. The zero-order chi connectivity index (χ0) is 22.7. The van der Waals surface area contributed by atoms with Crippen LogP contribution in [-0.2, 0) is 4.79 Å². The minimum absolute atomic E-state index is 0.120. The summed E-state index contributed by atoms with van der Waals surface area (Å²) >= 11 is 0. The van der Waals surface area contributed by atoms with Crippen LogP contribution in [0.25, 0.3) is 10.8 Å². The van der Waals surface area contributed by atoms with Crippen molar-refractivity contribution in [2.45, 2.75) is 25.4 Å². The van der Waals surface area contributed by atoms with E-state index in [9.17, 15) is 9.59 Å². The number of nitrogens with zero attached hydrogens (tertiary/aromatic N) is 1. The van der Waals surface area contributed by atoms with E-state index in [4.69, 9.17) is 0 Å². The first-order valence-electron chi connectivity index (χ1n) is 11.0. The van der Waals surface area contributed by atoms with Gasteiger partial charge in [0, 0.05) is 38.4 Å². The summed E-state index contributed by atoms with van der Waals surface area (Å²) in [6.07, 6.45) is 0.169. The molecule has 0 saturated carbocycles. The highest BCUT2D eigenvalue weighted by Crippen LogP contribution is 2.28. The van der Waals surface area contributed by atoms with Gasteiger partial charge in [0.05, 0.1) is 18.5 Å². The molecule has 2 amide bonds. The van der Waals surface area contributed by atoms with Crippen molar-refractivity contribution in [3.63, 3.8) is 0 Å². The van der Waals surface area contributed by atoms with Crippen molar-refractivity contribution in [2.24, 2.45) is 0 Å². The smallest absolute Gasteiger partial charge is 0.252 e. The summed E-state index contributed by atoms with van der Waals surface area (Å²) in [5.74, 6) is -0.294. The maximum absolute atomic E-state index is 13.4.